The summed E-state index contributed by atoms with van der Waals surface area (Å²) >= 11 is 0. The Bertz CT molecular complexity index is 419. The van der Waals surface area contributed by atoms with Gasteiger partial charge in [0, 0.05) is 12.8 Å². The van der Waals surface area contributed by atoms with E-state index in [4.69, 9.17) is 4.74 Å². The van der Waals surface area contributed by atoms with Gasteiger partial charge in [-0.15, -0.1) is 0 Å². The van der Waals surface area contributed by atoms with Crippen molar-refractivity contribution in [1.29, 1.82) is 0 Å². The smallest absolute Gasteiger partial charge is 0.313 e. The Balaban J connectivity index is 3.38. The van der Waals surface area contributed by atoms with Crippen LogP contribution >= 0.6 is 0 Å². The molecule has 25 heavy (non-hydrogen) atoms. The molecule has 0 unspecified atom stereocenters. The van der Waals surface area contributed by atoms with Gasteiger partial charge in [0.15, 0.2) is 0 Å². The lowest BCUT2D eigenvalue weighted by atomic mass is 10.1. The van der Waals surface area contributed by atoms with Gasteiger partial charge in [-0.05, 0) is 44.9 Å². The highest BCUT2D eigenvalue weighted by atomic mass is 16.6. The summed E-state index contributed by atoms with van der Waals surface area (Å²) in [5.74, 6) is -0.772. The topological polar surface area (TPSA) is 43.4 Å². The Kier molecular flexibility index (Phi) is 17.5. The van der Waals surface area contributed by atoms with E-state index in [-0.39, 0.29) is 5.97 Å². The molecule has 0 aromatic rings. The third-order valence-electron chi connectivity index (χ3n) is 3.71. The third kappa shape index (κ3) is 18.5. The molecule has 0 aliphatic rings. The van der Waals surface area contributed by atoms with Crippen LogP contribution in [0.5, 0.6) is 0 Å². The molecular formula is C22H36O3. The minimum atomic E-state index is -0.397. The molecule has 0 bridgehead atoms. The van der Waals surface area contributed by atoms with E-state index >= 15 is 0 Å². The lowest BCUT2D eigenvalue weighted by molar-refractivity contribution is -0.159. The van der Waals surface area contributed by atoms with E-state index in [2.05, 4.69) is 43.4 Å². The number of hydrogen-bond donors (Lipinski definition) is 0. The van der Waals surface area contributed by atoms with Crippen LogP contribution in [-0.4, -0.2) is 11.9 Å². The van der Waals surface area contributed by atoms with Crippen molar-refractivity contribution in [2.75, 3.05) is 0 Å². The van der Waals surface area contributed by atoms with Crippen molar-refractivity contribution >= 4 is 11.9 Å². The summed E-state index contributed by atoms with van der Waals surface area (Å²) in [4.78, 5) is 22.6. The first-order valence-corrected chi connectivity index (χ1v) is 9.89. The highest BCUT2D eigenvalue weighted by molar-refractivity contribution is 5.85. The maximum absolute atomic E-state index is 11.4. The molecule has 0 rings (SSSR count). The largest absolute Gasteiger partial charge is 0.393 e. The van der Waals surface area contributed by atoms with E-state index in [0.717, 1.165) is 44.9 Å². The second-order valence-corrected chi connectivity index (χ2v) is 6.20. The van der Waals surface area contributed by atoms with E-state index in [9.17, 15) is 9.59 Å². The maximum Gasteiger partial charge on any atom is 0.313 e. The minimum absolute atomic E-state index is 0.324. The Morgan fingerprint density at radius 1 is 0.680 bits per heavy atom. The van der Waals surface area contributed by atoms with E-state index < -0.39 is 5.97 Å². The lowest BCUT2D eigenvalue weighted by Gasteiger charge is -2.02. The van der Waals surface area contributed by atoms with Gasteiger partial charge in [0.25, 0.3) is 0 Å². The van der Waals surface area contributed by atoms with Crippen LogP contribution in [0.15, 0.2) is 36.5 Å². The van der Waals surface area contributed by atoms with Gasteiger partial charge in [-0.1, -0.05) is 69.6 Å². The van der Waals surface area contributed by atoms with Crippen LogP contribution in [0.25, 0.3) is 0 Å². The van der Waals surface area contributed by atoms with Crippen LogP contribution < -0.4 is 0 Å². The number of esters is 2. The molecule has 0 aliphatic heterocycles. The van der Waals surface area contributed by atoms with Gasteiger partial charge in [0.05, 0.1) is 0 Å². The Morgan fingerprint density at radius 2 is 1.24 bits per heavy atom. The van der Waals surface area contributed by atoms with Gasteiger partial charge < -0.3 is 4.74 Å². The molecule has 0 aromatic carbocycles. The highest BCUT2D eigenvalue weighted by Crippen LogP contribution is 2.09. The summed E-state index contributed by atoms with van der Waals surface area (Å²) in [7, 11) is 0. The summed E-state index contributed by atoms with van der Waals surface area (Å²) in [6, 6.07) is 0. The van der Waals surface area contributed by atoms with Crippen molar-refractivity contribution in [2.24, 2.45) is 0 Å². The predicted molar refractivity (Wildman–Crippen MR) is 105 cm³/mol. The van der Waals surface area contributed by atoms with Crippen molar-refractivity contribution in [2.45, 2.75) is 90.9 Å². The zero-order valence-electron chi connectivity index (χ0n) is 16.2. The standard InChI is InChI=1S/C22H36O3/c1-3-5-6-7-8-9-10-11-12-13-14-15-16-17-18-20-22(24)25-21(23)19-4-2/h5-6,8-9,11-12H,3-4,7,10,13-20H2,1-2H3/b6-5-,9-8-,12-11-. The van der Waals surface area contributed by atoms with Crippen LogP contribution in [0.1, 0.15) is 90.9 Å². The lowest BCUT2D eigenvalue weighted by Crippen LogP contribution is -2.11. The van der Waals surface area contributed by atoms with Gasteiger partial charge in [-0.25, -0.2) is 0 Å². The van der Waals surface area contributed by atoms with Crippen LogP contribution in [0, 0.1) is 0 Å². The summed E-state index contributed by atoms with van der Waals surface area (Å²) in [5, 5.41) is 0. The fraction of sp³-hybridized carbons (Fsp3) is 0.636. The fourth-order valence-electron chi connectivity index (χ4n) is 2.32. The zero-order valence-corrected chi connectivity index (χ0v) is 16.2. The average Bonchev–Trinajstić information content (AvgIpc) is 2.58. The molecule has 0 amide bonds. The number of ether oxygens (including phenoxy) is 1. The second-order valence-electron chi connectivity index (χ2n) is 6.20. The Hall–Kier alpha value is -1.64. The predicted octanol–water partition coefficient (Wildman–Crippen LogP) is 6.45. The summed E-state index contributed by atoms with van der Waals surface area (Å²) in [6.45, 7) is 4.04. The molecule has 0 heterocycles. The molecule has 3 nitrogen and oxygen atoms in total. The zero-order chi connectivity index (χ0) is 18.6. The number of hydrogen-bond acceptors (Lipinski definition) is 3. The number of unbranched alkanes of at least 4 members (excludes halogenated alkanes) is 5. The highest BCUT2D eigenvalue weighted by Gasteiger charge is 2.08. The van der Waals surface area contributed by atoms with Crippen LogP contribution in [0.2, 0.25) is 0 Å². The first-order valence-electron chi connectivity index (χ1n) is 9.89. The monoisotopic (exact) mass is 348 g/mol. The normalized spacial score (nSPS) is 11.8. The average molecular weight is 349 g/mol. The van der Waals surface area contributed by atoms with E-state index in [1.165, 1.54) is 12.8 Å². The molecule has 3 heteroatoms. The number of allylic oxidation sites excluding steroid dienone is 6. The first kappa shape index (κ1) is 23.4. The SMILES string of the molecule is CC/C=C\C/C=C\C/C=C\CCCCCCCC(=O)OC(=O)CCC. The number of rotatable bonds is 15. The van der Waals surface area contributed by atoms with Crippen LogP contribution in [0.3, 0.4) is 0 Å². The van der Waals surface area contributed by atoms with Crippen LogP contribution in [0.4, 0.5) is 0 Å². The van der Waals surface area contributed by atoms with E-state index in [0.29, 0.717) is 19.3 Å². The van der Waals surface area contributed by atoms with Gasteiger partial charge in [-0.2, -0.15) is 0 Å². The molecule has 0 atom stereocenters. The van der Waals surface area contributed by atoms with Gasteiger partial charge in [0.2, 0.25) is 0 Å². The van der Waals surface area contributed by atoms with Crippen molar-refractivity contribution in [3.63, 3.8) is 0 Å². The number of carbonyl (C=O) groups is 2. The molecule has 0 N–H and O–H groups in total. The molecule has 0 fully saturated rings. The Morgan fingerprint density at radius 3 is 1.92 bits per heavy atom. The molecule has 0 aromatic heterocycles. The van der Waals surface area contributed by atoms with Gasteiger partial charge in [-0.3, -0.25) is 9.59 Å². The van der Waals surface area contributed by atoms with E-state index in [1.807, 2.05) is 6.92 Å². The molecule has 0 saturated heterocycles. The molecule has 0 saturated carbocycles. The minimum Gasteiger partial charge on any atom is -0.393 e. The molecular weight excluding hydrogens is 312 g/mol. The van der Waals surface area contributed by atoms with Crippen molar-refractivity contribution < 1.29 is 14.3 Å². The summed E-state index contributed by atoms with van der Waals surface area (Å²) in [6.07, 6.45) is 24.3. The molecule has 0 spiro atoms. The third-order valence-corrected chi connectivity index (χ3v) is 3.71. The summed E-state index contributed by atoms with van der Waals surface area (Å²) in [5.41, 5.74) is 0. The number of carbonyl (C=O) groups excluding carboxylic acids is 2. The maximum atomic E-state index is 11.4. The van der Waals surface area contributed by atoms with Crippen molar-refractivity contribution in [3.05, 3.63) is 36.5 Å². The first-order chi connectivity index (χ1) is 12.2. The van der Waals surface area contributed by atoms with Gasteiger partial charge >= 0.3 is 11.9 Å². The second kappa shape index (κ2) is 18.7. The van der Waals surface area contributed by atoms with Gasteiger partial charge in [0.1, 0.15) is 0 Å². The van der Waals surface area contributed by atoms with Crippen molar-refractivity contribution in [1.82, 2.24) is 0 Å². The van der Waals surface area contributed by atoms with E-state index in [1.54, 1.807) is 0 Å². The van der Waals surface area contributed by atoms with Crippen LogP contribution in [-0.2, 0) is 14.3 Å². The Labute approximate surface area is 154 Å². The molecule has 0 aliphatic carbocycles. The quantitative estimate of drug-likeness (QED) is 0.148. The fourth-order valence-corrected chi connectivity index (χ4v) is 2.32. The summed E-state index contributed by atoms with van der Waals surface area (Å²) < 4.78 is 4.71. The molecule has 0 radical (unpaired) electrons. The van der Waals surface area contributed by atoms with Crippen molar-refractivity contribution in [3.8, 4) is 0 Å². The molecule has 142 valence electrons.